The Hall–Kier alpha value is -0.610. The lowest BCUT2D eigenvalue weighted by Gasteiger charge is -2.36. The number of aliphatic carboxylic acids is 1. The van der Waals surface area contributed by atoms with Gasteiger partial charge in [0.1, 0.15) is 6.04 Å². The van der Waals surface area contributed by atoms with Crippen molar-refractivity contribution in [3.8, 4) is 0 Å². The van der Waals surface area contributed by atoms with E-state index < -0.39 is 5.97 Å². The summed E-state index contributed by atoms with van der Waals surface area (Å²) in [5.41, 5.74) is 0. The molecule has 2 rings (SSSR count). The van der Waals surface area contributed by atoms with E-state index in [1.165, 1.54) is 19.3 Å². The second kappa shape index (κ2) is 5.36. The zero-order chi connectivity index (χ0) is 12.4. The number of ether oxygens (including phenoxy) is 1. The van der Waals surface area contributed by atoms with Crippen molar-refractivity contribution in [1.29, 1.82) is 0 Å². The normalized spacial score (nSPS) is 35.5. The number of methoxy groups -OCH3 is 1. The van der Waals surface area contributed by atoms with Crippen LogP contribution in [-0.4, -0.2) is 47.8 Å². The Morgan fingerprint density at radius 2 is 2.18 bits per heavy atom. The van der Waals surface area contributed by atoms with E-state index in [4.69, 9.17) is 4.74 Å². The molecule has 0 aromatic heterocycles. The van der Waals surface area contributed by atoms with Crippen LogP contribution in [0.3, 0.4) is 0 Å². The minimum atomic E-state index is -0.664. The van der Waals surface area contributed by atoms with E-state index >= 15 is 0 Å². The lowest BCUT2D eigenvalue weighted by molar-refractivity contribution is -0.144. The molecule has 17 heavy (non-hydrogen) atoms. The minimum Gasteiger partial charge on any atom is -0.480 e. The van der Waals surface area contributed by atoms with E-state index in [-0.39, 0.29) is 12.1 Å². The Labute approximate surface area is 103 Å². The summed E-state index contributed by atoms with van der Waals surface area (Å²) in [6, 6.07) is 0.373. The van der Waals surface area contributed by atoms with Crippen molar-refractivity contribution in [3.05, 3.63) is 0 Å². The number of likely N-dealkylation sites (tertiary alicyclic amines) is 1. The number of nitrogens with zero attached hydrogens (tertiary/aromatic N) is 1. The minimum absolute atomic E-state index is 0.203. The fraction of sp³-hybridized carbons (Fsp3) is 0.923. The molecule has 4 unspecified atom stereocenters. The Morgan fingerprint density at radius 3 is 2.82 bits per heavy atom. The average molecular weight is 241 g/mol. The number of hydrogen-bond donors (Lipinski definition) is 1. The number of fused-ring (bicyclic) bond motifs is 1. The van der Waals surface area contributed by atoms with Crippen molar-refractivity contribution in [2.75, 3.05) is 13.7 Å². The highest BCUT2D eigenvalue weighted by atomic mass is 16.5. The summed E-state index contributed by atoms with van der Waals surface area (Å²) in [5.74, 6) is -0.0773. The quantitative estimate of drug-likeness (QED) is 0.814. The summed E-state index contributed by atoms with van der Waals surface area (Å²) in [6.45, 7) is 2.70. The Bertz CT molecular complexity index is 282. The molecule has 0 aromatic carbocycles. The molecule has 4 nitrogen and oxygen atoms in total. The highest BCUT2D eigenvalue weighted by molar-refractivity contribution is 5.74. The maximum Gasteiger partial charge on any atom is 0.320 e. The van der Waals surface area contributed by atoms with Gasteiger partial charge < -0.3 is 9.84 Å². The van der Waals surface area contributed by atoms with Gasteiger partial charge >= 0.3 is 5.97 Å². The van der Waals surface area contributed by atoms with Gasteiger partial charge in [-0.15, -0.1) is 0 Å². The van der Waals surface area contributed by atoms with Gasteiger partial charge in [0.15, 0.2) is 0 Å². The van der Waals surface area contributed by atoms with Gasteiger partial charge in [0.05, 0.1) is 6.61 Å². The third-order valence-corrected chi connectivity index (χ3v) is 4.34. The summed E-state index contributed by atoms with van der Waals surface area (Å²) in [5, 5.41) is 9.37. The first-order valence-electron chi connectivity index (χ1n) is 6.64. The topological polar surface area (TPSA) is 49.8 Å². The summed E-state index contributed by atoms with van der Waals surface area (Å²) in [7, 11) is 1.68. The zero-order valence-electron chi connectivity index (χ0n) is 10.8. The van der Waals surface area contributed by atoms with Crippen LogP contribution in [0.25, 0.3) is 0 Å². The average Bonchev–Trinajstić information content (AvgIpc) is 2.68. The van der Waals surface area contributed by atoms with E-state index in [0.717, 1.165) is 12.8 Å². The smallest absolute Gasteiger partial charge is 0.320 e. The molecule has 1 aliphatic carbocycles. The molecule has 1 saturated carbocycles. The first kappa shape index (κ1) is 12.8. The van der Waals surface area contributed by atoms with E-state index in [9.17, 15) is 9.90 Å². The molecule has 2 fully saturated rings. The third kappa shape index (κ3) is 2.47. The van der Waals surface area contributed by atoms with Gasteiger partial charge in [-0.1, -0.05) is 12.8 Å². The summed E-state index contributed by atoms with van der Waals surface area (Å²) < 4.78 is 5.19. The van der Waals surface area contributed by atoms with Gasteiger partial charge in [-0.3, -0.25) is 9.69 Å². The van der Waals surface area contributed by atoms with Crippen LogP contribution in [0.2, 0.25) is 0 Å². The molecule has 1 heterocycles. The molecule has 98 valence electrons. The Morgan fingerprint density at radius 1 is 1.47 bits per heavy atom. The fourth-order valence-electron chi connectivity index (χ4n) is 3.68. The largest absolute Gasteiger partial charge is 0.480 e. The molecule has 0 amide bonds. The molecule has 0 spiro atoms. The number of carbonyl (C=O) groups is 1. The van der Waals surface area contributed by atoms with Gasteiger partial charge in [0.2, 0.25) is 0 Å². The second-order valence-corrected chi connectivity index (χ2v) is 5.45. The first-order valence-corrected chi connectivity index (χ1v) is 6.64. The van der Waals surface area contributed by atoms with Gasteiger partial charge in [0, 0.05) is 19.2 Å². The van der Waals surface area contributed by atoms with E-state index in [0.29, 0.717) is 18.6 Å². The molecule has 4 heteroatoms. The fourth-order valence-corrected chi connectivity index (χ4v) is 3.68. The molecule has 0 bridgehead atoms. The van der Waals surface area contributed by atoms with Crippen molar-refractivity contribution >= 4 is 5.97 Å². The van der Waals surface area contributed by atoms with Crippen LogP contribution in [0.15, 0.2) is 0 Å². The van der Waals surface area contributed by atoms with Gasteiger partial charge in [-0.05, 0) is 32.1 Å². The van der Waals surface area contributed by atoms with Crippen LogP contribution >= 0.6 is 0 Å². The van der Waals surface area contributed by atoms with Crippen molar-refractivity contribution in [2.45, 2.75) is 57.2 Å². The van der Waals surface area contributed by atoms with Crippen molar-refractivity contribution in [1.82, 2.24) is 4.90 Å². The Kier molecular flexibility index (Phi) is 4.05. The van der Waals surface area contributed by atoms with Crippen molar-refractivity contribution < 1.29 is 14.6 Å². The maximum atomic E-state index is 11.4. The summed E-state index contributed by atoms with van der Waals surface area (Å²) in [6.07, 6.45) is 5.69. The summed E-state index contributed by atoms with van der Waals surface area (Å²) in [4.78, 5) is 13.6. The molecule has 2 aliphatic rings. The van der Waals surface area contributed by atoms with Gasteiger partial charge in [-0.2, -0.15) is 0 Å². The second-order valence-electron chi connectivity index (χ2n) is 5.45. The van der Waals surface area contributed by atoms with E-state index in [1.807, 2.05) is 0 Å². The van der Waals surface area contributed by atoms with Crippen LogP contribution in [0.4, 0.5) is 0 Å². The number of carboxylic acids is 1. The number of hydrogen-bond acceptors (Lipinski definition) is 3. The van der Waals surface area contributed by atoms with Crippen LogP contribution in [0, 0.1) is 5.92 Å². The van der Waals surface area contributed by atoms with E-state index in [2.05, 4.69) is 11.8 Å². The lowest BCUT2D eigenvalue weighted by atomic mass is 9.84. The van der Waals surface area contributed by atoms with Crippen molar-refractivity contribution in [3.63, 3.8) is 0 Å². The molecular formula is C13H23NO3. The van der Waals surface area contributed by atoms with Gasteiger partial charge in [0.25, 0.3) is 0 Å². The van der Waals surface area contributed by atoms with Crippen molar-refractivity contribution in [2.24, 2.45) is 5.92 Å². The predicted octanol–water partition coefficient (Wildman–Crippen LogP) is 1.74. The van der Waals surface area contributed by atoms with Crippen LogP contribution in [-0.2, 0) is 9.53 Å². The van der Waals surface area contributed by atoms with Crippen LogP contribution < -0.4 is 0 Å². The molecule has 4 atom stereocenters. The number of rotatable bonds is 4. The zero-order valence-corrected chi connectivity index (χ0v) is 10.8. The SMILES string of the molecule is COCC(C)N1C(C(=O)O)CC2CCCCC21. The molecule has 1 N–H and O–H groups in total. The first-order chi connectivity index (χ1) is 8.15. The maximum absolute atomic E-state index is 11.4. The molecule has 1 saturated heterocycles. The van der Waals surface area contributed by atoms with Crippen LogP contribution in [0.1, 0.15) is 39.0 Å². The highest BCUT2D eigenvalue weighted by Gasteiger charge is 2.46. The third-order valence-electron chi connectivity index (χ3n) is 4.34. The van der Waals surface area contributed by atoms with Gasteiger partial charge in [-0.25, -0.2) is 0 Å². The van der Waals surface area contributed by atoms with Crippen LogP contribution in [0.5, 0.6) is 0 Å². The molecule has 0 radical (unpaired) electrons. The number of carboxylic acid groups (broad SMARTS) is 1. The standard InChI is InChI=1S/C13H23NO3/c1-9(8-17-2)14-11-6-4-3-5-10(11)7-12(14)13(15)16/h9-12H,3-8H2,1-2H3,(H,15,16). The molecule has 1 aliphatic heterocycles. The summed E-state index contributed by atoms with van der Waals surface area (Å²) >= 11 is 0. The van der Waals surface area contributed by atoms with E-state index in [1.54, 1.807) is 7.11 Å². The monoisotopic (exact) mass is 241 g/mol. The Balaban J connectivity index is 2.14. The highest BCUT2D eigenvalue weighted by Crippen LogP contribution is 2.40. The molecular weight excluding hydrogens is 218 g/mol. The molecule has 0 aromatic rings. The lowest BCUT2D eigenvalue weighted by Crippen LogP contribution is -2.49. The predicted molar refractivity (Wildman–Crippen MR) is 65.0 cm³/mol.